The highest BCUT2D eigenvalue weighted by molar-refractivity contribution is 4.99. The molecule has 0 aromatic carbocycles. The number of nitrogens with one attached hydrogen (secondary N) is 1. The number of aromatic nitrogens is 2. The van der Waals surface area contributed by atoms with Crippen LogP contribution in [0.3, 0.4) is 0 Å². The molecule has 0 spiro atoms. The summed E-state index contributed by atoms with van der Waals surface area (Å²) >= 11 is 0. The molecule has 1 unspecified atom stereocenters. The lowest BCUT2D eigenvalue weighted by atomic mass is 10.3. The van der Waals surface area contributed by atoms with Crippen molar-refractivity contribution in [2.45, 2.75) is 26.1 Å². The van der Waals surface area contributed by atoms with Crippen LogP contribution in [0.2, 0.25) is 0 Å². The highest BCUT2D eigenvalue weighted by Crippen LogP contribution is 2.06. The fourth-order valence-electron chi connectivity index (χ4n) is 0.975. The SMILES string of the molecule is CC(C)NC(O)c1cn(C)cn1. The van der Waals surface area contributed by atoms with Crippen LogP contribution in [0, 0.1) is 0 Å². The Hall–Kier alpha value is -0.870. The molecule has 0 saturated heterocycles. The van der Waals surface area contributed by atoms with Crippen LogP contribution in [0.1, 0.15) is 25.8 Å². The van der Waals surface area contributed by atoms with Crippen molar-refractivity contribution in [3.63, 3.8) is 0 Å². The lowest BCUT2D eigenvalue weighted by Gasteiger charge is -2.12. The molecule has 2 N–H and O–H groups in total. The second-order valence-electron chi connectivity index (χ2n) is 3.19. The van der Waals surface area contributed by atoms with Gasteiger partial charge in [0.2, 0.25) is 0 Å². The third-order valence-corrected chi connectivity index (χ3v) is 1.50. The van der Waals surface area contributed by atoms with Gasteiger partial charge in [-0.3, -0.25) is 5.32 Å². The Bertz CT molecular complexity index is 244. The van der Waals surface area contributed by atoms with Gasteiger partial charge in [0.05, 0.1) is 6.33 Å². The van der Waals surface area contributed by atoms with Crippen molar-refractivity contribution >= 4 is 0 Å². The highest BCUT2D eigenvalue weighted by Gasteiger charge is 2.09. The standard InChI is InChI=1S/C8H15N3O/c1-6(2)10-8(12)7-4-11(3)5-9-7/h4-6,8,10,12H,1-3H3. The van der Waals surface area contributed by atoms with E-state index >= 15 is 0 Å². The van der Waals surface area contributed by atoms with Gasteiger partial charge in [0.1, 0.15) is 11.9 Å². The molecule has 0 aliphatic heterocycles. The van der Waals surface area contributed by atoms with Crippen molar-refractivity contribution in [2.75, 3.05) is 0 Å². The molecule has 0 radical (unpaired) electrons. The van der Waals surface area contributed by atoms with E-state index in [9.17, 15) is 5.11 Å². The molecule has 12 heavy (non-hydrogen) atoms. The molecule has 0 aliphatic carbocycles. The number of imidazole rings is 1. The van der Waals surface area contributed by atoms with Gasteiger partial charge in [-0.2, -0.15) is 0 Å². The summed E-state index contributed by atoms with van der Waals surface area (Å²) in [4.78, 5) is 4.02. The first-order valence-electron chi connectivity index (χ1n) is 4.01. The summed E-state index contributed by atoms with van der Waals surface area (Å²) in [6.45, 7) is 3.96. The van der Waals surface area contributed by atoms with Crippen LogP contribution in [0.5, 0.6) is 0 Å². The van der Waals surface area contributed by atoms with Gasteiger partial charge in [-0.05, 0) is 13.8 Å². The Kier molecular flexibility index (Phi) is 2.83. The van der Waals surface area contributed by atoms with E-state index in [0.29, 0.717) is 5.69 Å². The Labute approximate surface area is 72.2 Å². The molecule has 0 amide bonds. The fourth-order valence-corrected chi connectivity index (χ4v) is 0.975. The van der Waals surface area contributed by atoms with Gasteiger partial charge in [-0.1, -0.05) is 0 Å². The molecule has 1 aromatic rings. The summed E-state index contributed by atoms with van der Waals surface area (Å²) in [5.41, 5.74) is 0.659. The third-order valence-electron chi connectivity index (χ3n) is 1.50. The van der Waals surface area contributed by atoms with Gasteiger partial charge in [-0.25, -0.2) is 4.98 Å². The van der Waals surface area contributed by atoms with E-state index in [1.165, 1.54) is 0 Å². The number of nitrogens with zero attached hydrogens (tertiary/aromatic N) is 2. The molecule has 1 aromatic heterocycles. The number of hydrogen-bond acceptors (Lipinski definition) is 3. The molecule has 0 fully saturated rings. The minimum Gasteiger partial charge on any atom is -0.373 e. The monoisotopic (exact) mass is 169 g/mol. The number of aliphatic hydroxyl groups is 1. The highest BCUT2D eigenvalue weighted by atomic mass is 16.3. The van der Waals surface area contributed by atoms with Crippen molar-refractivity contribution < 1.29 is 5.11 Å². The molecular formula is C8H15N3O. The normalized spacial score (nSPS) is 13.8. The maximum atomic E-state index is 9.52. The molecule has 4 heteroatoms. The maximum Gasteiger partial charge on any atom is 0.149 e. The largest absolute Gasteiger partial charge is 0.373 e. The van der Waals surface area contributed by atoms with E-state index in [0.717, 1.165) is 0 Å². The molecular weight excluding hydrogens is 154 g/mol. The maximum absolute atomic E-state index is 9.52. The predicted octanol–water partition coefficient (Wildman–Crippen LogP) is 0.409. The summed E-state index contributed by atoms with van der Waals surface area (Å²) in [6, 6.07) is 0.252. The van der Waals surface area contributed by atoms with Crippen LogP contribution < -0.4 is 5.32 Å². The van der Waals surface area contributed by atoms with Gasteiger partial charge < -0.3 is 9.67 Å². The zero-order valence-corrected chi connectivity index (χ0v) is 7.65. The van der Waals surface area contributed by atoms with Crippen LogP contribution in [-0.2, 0) is 7.05 Å². The lowest BCUT2D eigenvalue weighted by Crippen LogP contribution is -2.27. The van der Waals surface area contributed by atoms with Crippen LogP contribution in [0.15, 0.2) is 12.5 Å². The van der Waals surface area contributed by atoms with Crippen LogP contribution >= 0.6 is 0 Å². The summed E-state index contributed by atoms with van der Waals surface area (Å²) < 4.78 is 1.81. The average Bonchev–Trinajstić information content (AvgIpc) is 2.34. The van der Waals surface area contributed by atoms with E-state index < -0.39 is 6.23 Å². The van der Waals surface area contributed by atoms with Crippen LogP contribution in [-0.4, -0.2) is 20.7 Å². The van der Waals surface area contributed by atoms with E-state index in [1.54, 1.807) is 17.1 Å². The summed E-state index contributed by atoms with van der Waals surface area (Å²) in [6.07, 6.45) is 2.80. The first-order chi connectivity index (χ1) is 5.59. The molecule has 1 heterocycles. The van der Waals surface area contributed by atoms with Crippen molar-refractivity contribution in [1.82, 2.24) is 14.9 Å². The zero-order chi connectivity index (χ0) is 9.14. The average molecular weight is 169 g/mol. The van der Waals surface area contributed by atoms with Crippen molar-refractivity contribution in [3.05, 3.63) is 18.2 Å². The lowest BCUT2D eigenvalue weighted by molar-refractivity contribution is 0.125. The van der Waals surface area contributed by atoms with Gasteiger partial charge in [-0.15, -0.1) is 0 Å². The number of aliphatic hydroxyl groups excluding tert-OH is 1. The number of aryl methyl sites for hydroxylation is 1. The molecule has 68 valence electrons. The van der Waals surface area contributed by atoms with Crippen molar-refractivity contribution in [2.24, 2.45) is 7.05 Å². The summed E-state index contributed by atoms with van der Waals surface area (Å²) in [7, 11) is 1.87. The summed E-state index contributed by atoms with van der Waals surface area (Å²) in [5, 5.41) is 12.5. The van der Waals surface area contributed by atoms with E-state index in [2.05, 4.69) is 10.3 Å². The molecule has 1 rings (SSSR count). The van der Waals surface area contributed by atoms with E-state index in [1.807, 2.05) is 20.9 Å². The molecule has 0 bridgehead atoms. The smallest absolute Gasteiger partial charge is 0.149 e. The Balaban J connectivity index is 2.58. The van der Waals surface area contributed by atoms with Gasteiger partial charge in [0.15, 0.2) is 0 Å². The second-order valence-corrected chi connectivity index (χ2v) is 3.19. The number of rotatable bonds is 3. The molecule has 0 saturated carbocycles. The second kappa shape index (κ2) is 3.69. The Morgan fingerprint density at radius 1 is 1.58 bits per heavy atom. The molecule has 1 atom stereocenters. The van der Waals surface area contributed by atoms with Crippen molar-refractivity contribution in [3.8, 4) is 0 Å². The minimum atomic E-state index is -0.661. The first-order valence-corrected chi connectivity index (χ1v) is 4.01. The predicted molar refractivity (Wildman–Crippen MR) is 46.4 cm³/mol. The Morgan fingerprint density at radius 3 is 2.67 bits per heavy atom. The quantitative estimate of drug-likeness (QED) is 0.644. The van der Waals surface area contributed by atoms with Gasteiger partial charge in [0, 0.05) is 19.3 Å². The van der Waals surface area contributed by atoms with E-state index in [4.69, 9.17) is 0 Å². The third kappa shape index (κ3) is 2.32. The molecule has 0 aliphatic rings. The van der Waals surface area contributed by atoms with Crippen LogP contribution in [0.4, 0.5) is 0 Å². The topological polar surface area (TPSA) is 50.1 Å². The molecule has 4 nitrogen and oxygen atoms in total. The number of hydrogen-bond donors (Lipinski definition) is 2. The zero-order valence-electron chi connectivity index (χ0n) is 7.65. The fraction of sp³-hybridized carbons (Fsp3) is 0.625. The summed E-state index contributed by atoms with van der Waals surface area (Å²) in [5.74, 6) is 0. The van der Waals surface area contributed by atoms with E-state index in [-0.39, 0.29) is 6.04 Å². The van der Waals surface area contributed by atoms with Gasteiger partial charge in [0.25, 0.3) is 0 Å². The Morgan fingerprint density at radius 2 is 2.25 bits per heavy atom. The van der Waals surface area contributed by atoms with Crippen molar-refractivity contribution in [1.29, 1.82) is 0 Å². The van der Waals surface area contributed by atoms with Crippen LogP contribution in [0.25, 0.3) is 0 Å². The van der Waals surface area contributed by atoms with Gasteiger partial charge >= 0.3 is 0 Å². The minimum absolute atomic E-state index is 0.252. The first kappa shape index (κ1) is 9.22.